The fourth-order valence-corrected chi connectivity index (χ4v) is 2.08. The molecule has 0 unspecified atom stereocenters. The first-order valence-corrected chi connectivity index (χ1v) is 6.58. The average molecular weight is 264 g/mol. The fraction of sp³-hybridized carbons (Fsp3) is 0.500. The van der Waals surface area contributed by atoms with Crippen molar-refractivity contribution in [3.63, 3.8) is 0 Å². The van der Waals surface area contributed by atoms with Gasteiger partial charge in [-0.1, -0.05) is 12.1 Å². The highest BCUT2D eigenvalue weighted by Crippen LogP contribution is 2.28. The number of ether oxygens (including phenoxy) is 2. The highest BCUT2D eigenvalue weighted by Gasteiger charge is 2.14. The molecular weight excluding hydrogens is 244 g/mol. The van der Waals surface area contributed by atoms with Crippen molar-refractivity contribution in [1.29, 1.82) is 0 Å². The molecule has 0 saturated carbocycles. The van der Waals surface area contributed by atoms with Crippen molar-refractivity contribution in [2.24, 2.45) is 0 Å². The minimum atomic E-state index is -0.279. The molecule has 5 nitrogen and oxygen atoms in total. The van der Waals surface area contributed by atoms with Crippen molar-refractivity contribution in [2.75, 3.05) is 44.3 Å². The Morgan fingerprint density at radius 1 is 1.26 bits per heavy atom. The SMILES string of the molecule is CC(=O)OCCOc1ccccc1N1CCNCC1. The van der Waals surface area contributed by atoms with Crippen LogP contribution in [0.2, 0.25) is 0 Å². The van der Waals surface area contributed by atoms with E-state index < -0.39 is 0 Å². The lowest BCUT2D eigenvalue weighted by molar-refractivity contribution is -0.141. The summed E-state index contributed by atoms with van der Waals surface area (Å²) >= 11 is 0. The first kappa shape index (κ1) is 13.7. The van der Waals surface area contributed by atoms with Crippen molar-refractivity contribution in [2.45, 2.75) is 6.92 Å². The van der Waals surface area contributed by atoms with E-state index in [0.29, 0.717) is 6.61 Å². The van der Waals surface area contributed by atoms with Gasteiger partial charge in [-0.05, 0) is 12.1 Å². The molecular formula is C14H20N2O3. The number of rotatable bonds is 5. The van der Waals surface area contributed by atoms with E-state index >= 15 is 0 Å². The minimum absolute atomic E-state index is 0.279. The molecule has 1 saturated heterocycles. The topological polar surface area (TPSA) is 50.8 Å². The number of hydrogen-bond donors (Lipinski definition) is 1. The number of benzene rings is 1. The lowest BCUT2D eigenvalue weighted by atomic mass is 10.2. The zero-order valence-corrected chi connectivity index (χ0v) is 11.2. The first-order valence-electron chi connectivity index (χ1n) is 6.58. The van der Waals surface area contributed by atoms with Crippen LogP contribution in [0.4, 0.5) is 5.69 Å². The van der Waals surface area contributed by atoms with E-state index in [0.717, 1.165) is 37.6 Å². The molecule has 0 amide bonds. The molecule has 1 aliphatic rings. The average Bonchev–Trinajstić information content (AvgIpc) is 2.45. The van der Waals surface area contributed by atoms with Crippen molar-refractivity contribution in [1.82, 2.24) is 5.32 Å². The maximum atomic E-state index is 10.7. The second-order valence-electron chi connectivity index (χ2n) is 4.39. The zero-order chi connectivity index (χ0) is 13.5. The number of piperazine rings is 1. The quantitative estimate of drug-likeness (QED) is 0.636. The van der Waals surface area contributed by atoms with Crippen LogP contribution in [0.15, 0.2) is 24.3 Å². The fourth-order valence-electron chi connectivity index (χ4n) is 2.08. The summed E-state index contributed by atoms with van der Waals surface area (Å²) in [6.45, 7) is 5.99. The van der Waals surface area contributed by atoms with Crippen LogP contribution in [0.1, 0.15) is 6.92 Å². The molecule has 0 aliphatic carbocycles. The van der Waals surface area contributed by atoms with Crippen LogP contribution >= 0.6 is 0 Å². The van der Waals surface area contributed by atoms with E-state index in [4.69, 9.17) is 9.47 Å². The number of nitrogens with zero attached hydrogens (tertiary/aromatic N) is 1. The molecule has 1 aromatic rings. The predicted molar refractivity (Wildman–Crippen MR) is 73.7 cm³/mol. The van der Waals surface area contributed by atoms with Crippen LogP contribution in [0.5, 0.6) is 5.75 Å². The van der Waals surface area contributed by atoms with Gasteiger partial charge in [0.25, 0.3) is 0 Å². The van der Waals surface area contributed by atoms with Gasteiger partial charge in [0.1, 0.15) is 19.0 Å². The van der Waals surface area contributed by atoms with E-state index in [9.17, 15) is 4.79 Å². The Balaban J connectivity index is 1.93. The molecule has 0 atom stereocenters. The molecule has 1 fully saturated rings. The van der Waals surface area contributed by atoms with Gasteiger partial charge in [-0.2, -0.15) is 0 Å². The molecule has 1 N–H and O–H groups in total. The summed E-state index contributed by atoms with van der Waals surface area (Å²) in [7, 11) is 0. The Morgan fingerprint density at radius 2 is 2.00 bits per heavy atom. The number of hydrogen-bond acceptors (Lipinski definition) is 5. The van der Waals surface area contributed by atoms with Gasteiger partial charge in [0.05, 0.1) is 5.69 Å². The van der Waals surface area contributed by atoms with Gasteiger partial charge in [-0.15, -0.1) is 0 Å². The Bertz CT molecular complexity index is 417. The van der Waals surface area contributed by atoms with Gasteiger partial charge in [0.2, 0.25) is 0 Å². The third-order valence-corrected chi connectivity index (χ3v) is 2.97. The zero-order valence-electron chi connectivity index (χ0n) is 11.2. The molecule has 5 heteroatoms. The van der Waals surface area contributed by atoms with Crippen molar-refractivity contribution in [3.05, 3.63) is 24.3 Å². The second kappa shape index (κ2) is 6.99. The molecule has 2 rings (SSSR count). The van der Waals surface area contributed by atoms with E-state index in [1.165, 1.54) is 6.92 Å². The summed E-state index contributed by atoms with van der Waals surface area (Å²) in [5.41, 5.74) is 1.10. The molecule has 0 spiro atoms. The highest BCUT2D eigenvalue weighted by molar-refractivity contribution is 5.65. The van der Waals surface area contributed by atoms with Crippen LogP contribution < -0.4 is 15.0 Å². The minimum Gasteiger partial charge on any atom is -0.488 e. The molecule has 1 aromatic carbocycles. The molecule has 19 heavy (non-hydrogen) atoms. The lowest BCUT2D eigenvalue weighted by Gasteiger charge is -2.30. The Labute approximate surface area is 113 Å². The van der Waals surface area contributed by atoms with E-state index in [1.54, 1.807) is 0 Å². The van der Waals surface area contributed by atoms with Gasteiger partial charge < -0.3 is 19.7 Å². The van der Waals surface area contributed by atoms with E-state index in [-0.39, 0.29) is 12.6 Å². The second-order valence-corrected chi connectivity index (χ2v) is 4.39. The largest absolute Gasteiger partial charge is 0.488 e. The van der Waals surface area contributed by atoms with E-state index in [1.807, 2.05) is 18.2 Å². The lowest BCUT2D eigenvalue weighted by Crippen LogP contribution is -2.43. The third-order valence-electron chi connectivity index (χ3n) is 2.97. The predicted octanol–water partition coefficient (Wildman–Crippen LogP) is 1.04. The van der Waals surface area contributed by atoms with Crippen molar-refractivity contribution < 1.29 is 14.3 Å². The summed E-state index contributed by atoms with van der Waals surface area (Å²) in [4.78, 5) is 13.0. The van der Waals surface area contributed by atoms with Crippen molar-refractivity contribution in [3.8, 4) is 5.75 Å². The Kier molecular flexibility index (Phi) is 5.03. The van der Waals surface area contributed by atoms with Gasteiger partial charge >= 0.3 is 5.97 Å². The number of carbonyl (C=O) groups excluding carboxylic acids is 1. The molecule has 104 valence electrons. The maximum absolute atomic E-state index is 10.7. The Hall–Kier alpha value is -1.75. The monoisotopic (exact) mass is 264 g/mol. The van der Waals surface area contributed by atoms with Crippen LogP contribution in [-0.4, -0.2) is 45.4 Å². The standard InChI is InChI=1S/C14H20N2O3/c1-12(17)18-10-11-19-14-5-3-2-4-13(14)16-8-6-15-7-9-16/h2-5,15H,6-11H2,1H3. The van der Waals surface area contributed by atoms with Crippen LogP contribution in [0.25, 0.3) is 0 Å². The molecule has 1 aliphatic heterocycles. The van der Waals surface area contributed by atoms with Crippen LogP contribution in [0.3, 0.4) is 0 Å². The first-order chi connectivity index (χ1) is 9.27. The normalized spacial score (nSPS) is 15.1. The summed E-state index contributed by atoms with van der Waals surface area (Å²) < 4.78 is 10.6. The number of para-hydroxylation sites is 2. The maximum Gasteiger partial charge on any atom is 0.302 e. The van der Waals surface area contributed by atoms with Gasteiger partial charge in [-0.3, -0.25) is 4.79 Å². The van der Waals surface area contributed by atoms with Crippen molar-refractivity contribution >= 4 is 11.7 Å². The molecule has 0 bridgehead atoms. The number of carbonyl (C=O) groups is 1. The highest BCUT2D eigenvalue weighted by atomic mass is 16.6. The van der Waals surface area contributed by atoms with Gasteiger partial charge in [-0.25, -0.2) is 0 Å². The summed E-state index contributed by atoms with van der Waals surface area (Å²) in [5.74, 6) is 0.565. The summed E-state index contributed by atoms with van der Waals surface area (Å²) in [6, 6.07) is 7.97. The molecule has 0 radical (unpaired) electrons. The van der Waals surface area contributed by atoms with Gasteiger partial charge in [0, 0.05) is 33.1 Å². The van der Waals surface area contributed by atoms with Crippen LogP contribution in [0, 0.1) is 0 Å². The molecule has 0 aromatic heterocycles. The third kappa shape index (κ3) is 4.13. The number of esters is 1. The number of anilines is 1. The van der Waals surface area contributed by atoms with Gasteiger partial charge in [0.15, 0.2) is 0 Å². The van der Waals surface area contributed by atoms with E-state index in [2.05, 4.69) is 16.3 Å². The van der Waals surface area contributed by atoms with Crippen LogP contribution in [-0.2, 0) is 9.53 Å². The smallest absolute Gasteiger partial charge is 0.302 e. The summed E-state index contributed by atoms with van der Waals surface area (Å²) in [5, 5.41) is 3.33. The Morgan fingerprint density at radius 3 is 2.74 bits per heavy atom. The number of nitrogens with one attached hydrogen (secondary N) is 1. The molecule has 1 heterocycles. The summed E-state index contributed by atoms with van der Waals surface area (Å²) in [6.07, 6.45) is 0.